The van der Waals surface area contributed by atoms with Gasteiger partial charge in [0, 0.05) is 0 Å². The second kappa shape index (κ2) is 6.53. The number of nitrogens with zero attached hydrogens (tertiary/aromatic N) is 1. The van der Waals surface area contributed by atoms with E-state index < -0.39 is 11.8 Å². The van der Waals surface area contributed by atoms with E-state index in [9.17, 15) is 14.4 Å². The third-order valence-electron chi connectivity index (χ3n) is 2.27. The first-order valence-electron chi connectivity index (χ1n) is 5.63. The van der Waals surface area contributed by atoms with E-state index >= 15 is 0 Å². The van der Waals surface area contributed by atoms with E-state index in [2.05, 4.69) is 15.6 Å². The zero-order chi connectivity index (χ0) is 14.5. The maximum absolute atomic E-state index is 11.7. The predicted octanol–water partition coefficient (Wildman–Crippen LogP) is 1.41. The predicted molar refractivity (Wildman–Crippen MR) is 77.7 cm³/mol. The lowest BCUT2D eigenvalue weighted by Crippen LogP contribution is -2.35. The third-order valence-corrected chi connectivity index (χ3v) is 3.48. The molecule has 3 amide bonds. The second-order valence-electron chi connectivity index (χ2n) is 3.85. The van der Waals surface area contributed by atoms with Crippen LogP contribution in [0.2, 0.25) is 5.02 Å². The lowest BCUT2D eigenvalue weighted by molar-refractivity contribution is -0.127. The van der Waals surface area contributed by atoms with Crippen LogP contribution < -0.4 is 10.6 Å². The van der Waals surface area contributed by atoms with Crippen LogP contribution in [-0.4, -0.2) is 28.6 Å². The van der Waals surface area contributed by atoms with E-state index in [0.717, 1.165) is 11.8 Å². The Morgan fingerprint density at radius 2 is 2.15 bits per heavy atom. The van der Waals surface area contributed by atoms with Gasteiger partial charge in [0.25, 0.3) is 5.91 Å². The number of amides is 3. The Hall–Kier alpha value is -1.86. The van der Waals surface area contributed by atoms with Crippen molar-refractivity contribution in [3.05, 3.63) is 29.3 Å². The number of thioether (sulfide) groups is 1. The molecular weight excluding hydrogens is 302 g/mol. The summed E-state index contributed by atoms with van der Waals surface area (Å²) in [7, 11) is 0. The van der Waals surface area contributed by atoms with Gasteiger partial charge in [0.1, 0.15) is 6.42 Å². The summed E-state index contributed by atoms with van der Waals surface area (Å²) in [5.74, 6) is -1.22. The first-order valence-corrected chi connectivity index (χ1v) is 6.99. The highest BCUT2D eigenvalue weighted by Crippen LogP contribution is 2.20. The largest absolute Gasteiger partial charge is 0.324 e. The molecule has 0 aliphatic carbocycles. The Bertz CT molecular complexity index is 603. The van der Waals surface area contributed by atoms with E-state index in [1.807, 2.05) is 0 Å². The van der Waals surface area contributed by atoms with Gasteiger partial charge >= 0.3 is 0 Å². The molecule has 1 aromatic carbocycles. The van der Waals surface area contributed by atoms with Crippen LogP contribution in [0.5, 0.6) is 0 Å². The lowest BCUT2D eigenvalue weighted by Gasteiger charge is -2.11. The van der Waals surface area contributed by atoms with Crippen LogP contribution >= 0.6 is 23.4 Å². The molecule has 2 rings (SSSR count). The van der Waals surface area contributed by atoms with E-state index in [1.54, 1.807) is 24.3 Å². The Balaban J connectivity index is 1.88. The first-order chi connectivity index (χ1) is 9.54. The number of para-hydroxylation sites is 1. The standard InChI is InChI=1S/C12H10ClN3O3S/c13-7-3-1-2-4-8(7)14-11(19)6-20-12-15-9(17)5-10(18)16-12/h1-4H,5-6H2,(H,14,19)(H,15,16,17,18). The highest BCUT2D eigenvalue weighted by Gasteiger charge is 2.19. The van der Waals surface area contributed by atoms with Crippen LogP contribution in [-0.2, 0) is 14.4 Å². The fraction of sp³-hybridized carbons (Fsp3) is 0.167. The van der Waals surface area contributed by atoms with Crippen molar-refractivity contribution in [1.29, 1.82) is 0 Å². The lowest BCUT2D eigenvalue weighted by atomic mass is 10.3. The molecule has 0 atom stereocenters. The molecule has 104 valence electrons. The van der Waals surface area contributed by atoms with Gasteiger partial charge in [0.2, 0.25) is 11.8 Å². The SMILES string of the molecule is O=C1CC(=O)NC(SCC(=O)Nc2ccccc2Cl)=N1. The molecule has 0 fully saturated rings. The number of carbonyl (C=O) groups excluding carboxylic acids is 3. The van der Waals surface area contributed by atoms with Gasteiger partial charge in [0.15, 0.2) is 5.17 Å². The van der Waals surface area contributed by atoms with Crippen LogP contribution in [0.4, 0.5) is 5.69 Å². The Labute approximate surface area is 124 Å². The fourth-order valence-electron chi connectivity index (χ4n) is 1.43. The molecule has 0 spiro atoms. The second-order valence-corrected chi connectivity index (χ2v) is 5.22. The van der Waals surface area contributed by atoms with Crippen LogP contribution in [0.3, 0.4) is 0 Å². The van der Waals surface area contributed by atoms with Gasteiger partial charge in [-0.2, -0.15) is 4.99 Å². The number of nitrogens with one attached hydrogen (secondary N) is 2. The van der Waals surface area contributed by atoms with Crippen LogP contribution in [0.1, 0.15) is 6.42 Å². The van der Waals surface area contributed by atoms with Gasteiger partial charge in [-0.25, -0.2) is 0 Å². The number of anilines is 1. The van der Waals surface area contributed by atoms with Crippen LogP contribution in [0, 0.1) is 0 Å². The molecular formula is C12H10ClN3O3S. The maximum atomic E-state index is 11.7. The summed E-state index contributed by atoms with van der Waals surface area (Å²) in [6.07, 6.45) is -0.254. The molecule has 1 aliphatic heterocycles. The minimum absolute atomic E-state index is 0.0115. The average molecular weight is 312 g/mol. The molecule has 2 N–H and O–H groups in total. The fourth-order valence-corrected chi connectivity index (χ4v) is 2.31. The zero-order valence-electron chi connectivity index (χ0n) is 10.2. The normalized spacial score (nSPS) is 14.6. The van der Waals surface area contributed by atoms with Gasteiger partial charge in [-0.15, -0.1) is 0 Å². The van der Waals surface area contributed by atoms with Crippen molar-refractivity contribution < 1.29 is 14.4 Å². The smallest absolute Gasteiger partial charge is 0.257 e. The van der Waals surface area contributed by atoms with Crippen molar-refractivity contribution in [2.24, 2.45) is 4.99 Å². The van der Waals surface area contributed by atoms with Gasteiger partial charge in [0.05, 0.1) is 16.5 Å². The highest BCUT2D eigenvalue weighted by molar-refractivity contribution is 8.14. The average Bonchev–Trinajstić information content (AvgIpc) is 2.38. The van der Waals surface area contributed by atoms with Crippen molar-refractivity contribution in [1.82, 2.24) is 5.32 Å². The minimum Gasteiger partial charge on any atom is -0.324 e. The quantitative estimate of drug-likeness (QED) is 0.826. The number of halogens is 1. The van der Waals surface area contributed by atoms with Crippen molar-refractivity contribution in [3.63, 3.8) is 0 Å². The molecule has 0 saturated carbocycles. The summed E-state index contributed by atoms with van der Waals surface area (Å²) in [6.45, 7) is 0. The molecule has 0 aromatic heterocycles. The molecule has 20 heavy (non-hydrogen) atoms. The summed E-state index contributed by atoms with van der Waals surface area (Å²) >= 11 is 6.89. The van der Waals surface area contributed by atoms with Crippen molar-refractivity contribution in [2.75, 3.05) is 11.1 Å². The van der Waals surface area contributed by atoms with Crippen molar-refractivity contribution in [2.45, 2.75) is 6.42 Å². The Morgan fingerprint density at radius 3 is 2.85 bits per heavy atom. The Morgan fingerprint density at radius 1 is 1.40 bits per heavy atom. The minimum atomic E-state index is -0.511. The molecule has 0 saturated heterocycles. The number of benzene rings is 1. The maximum Gasteiger partial charge on any atom is 0.257 e. The van der Waals surface area contributed by atoms with Gasteiger partial charge in [-0.05, 0) is 12.1 Å². The Kier molecular flexibility index (Phi) is 4.75. The number of amidine groups is 1. The number of carbonyl (C=O) groups is 3. The van der Waals surface area contributed by atoms with Gasteiger partial charge in [-0.1, -0.05) is 35.5 Å². The molecule has 1 aliphatic rings. The highest BCUT2D eigenvalue weighted by atomic mass is 35.5. The van der Waals surface area contributed by atoms with E-state index in [-0.39, 0.29) is 23.2 Å². The van der Waals surface area contributed by atoms with Gasteiger partial charge < -0.3 is 10.6 Å². The molecule has 0 unspecified atom stereocenters. The summed E-state index contributed by atoms with van der Waals surface area (Å²) in [6, 6.07) is 6.84. The molecule has 0 bridgehead atoms. The number of aliphatic imine (C=N–C) groups is 1. The monoisotopic (exact) mass is 311 g/mol. The van der Waals surface area contributed by atoms with E-state index in [1.165, 1.54) is 0 Å². The topological polar surface area (TPSA) is 87.6 Å². The van der Waals surface area contributed by atoms with Crippen molar-refractivity contribution in [3.8, 4) is 0 Å². The summed E-state index contributed by atoms with van der Waals surface area (Å²) < 4.78 is 0. The number of hydrogen-bond acceptors (Lipinski definition) is 4. The molecule has 0 radical (unpaired) electrons. The zero-order valence-corrected chi connectivity index (χ0v) is 11.8. The van der Waals surface area contributed by atoms with Crippen LogP contribution in [0.25, 0.3) is 0 Å². The number of rotatable bonds is 3. The molecule has 1 aromatic rings. The molecule has 8 heteroatoms. The van der Waals surface area contributed by atoms with Crippen molar-refractivity contribution >= 4 is 51.9 Å². The van der Waals surface area contributed by atoms with E-state index in [4.69, 9.17) is 11.6 Å². The number of hydrogen-bond donors (Lipinski definition) is 2. The van der Waals surface area contributed by atoms with E-state index in [0.29, 0.717) is 10.7 Å². The third kappa shape index (κ3) is 4.07. The van der Waals surface area contributed by atoms with Gasteiger partial charge in [-0.3, -0.25) is 14.4 Å². The first kappa shape index (κ1) is 14.5. The van der Waals surface area contributed by atoms with Crippen LogP contribution in [0.15, 0.2) is 29.3 Å². The summed E-state index contributed by atoms with van der Waals surface area (Å²) in [4.78, 5) is 37.6. The molecule has 6 nitrogen and oxygen atoms in total. The summed E-state index contributed by atoms with van der Waals surface area (Å²) in [5.41, 5.74) is 0.505. The molecule has 1 heterocycles. The summed E-state index contributed by atoms with van der Waals surface area (Å²) in [5, 5.41) is 5.63.